The molecule has 2 N–H and O–H groups in total. The maximum absolute atomic E-state index is 9.92. The number of nitrogens with one attached hydrogen (secondary N) is 1. The minimum absolute atomic E-state index is 0.294. The molecular weight excluding hydrogens is 150 g/mol. The molecule has 2 nitrogen and oxygen atoms in total. The van der Waals surface area contributed by atoms with Crippen LogP contribution in [0.15, 0.2) is 0 Å². The van der Waals surface area contributed by atoms with Gasteiger partial charge >= 0.3 is 0 Å². The van der Waals surface area contributed by atoms with Crippen molar-refractivity contribution in [2.24, 2.45) is 5.41 Å². The molecular formula is C10H19NO. The number of hydrogen-bond donors (Lipinski definition) is 2. The number of hydrogen-bond acceptors (Lipinski definition) is 2. The lowest BCUT2D eigenvalue weighted by Crippen LogP contribution is -2.55. The summed E-state index contributed by atoms with van der Waals surface area (Å²) in [7, 11) is 0. The van der Waals surface area contributed by atoms with E-state index in [9.17, 15) is 5.11 Å². The van der Waals surface area contributed by atoms with Gasteiger partial charge in [0.1, 0.15) is 0 Å². The van der Waals surface area contributed by atoms with E-state index in [1.807, 2.05) is 0 Å². The zero-order valence-electron chi connectivity index (χ0n) is 7.90. The number of piperidine rings is 1. The van der Waals surface area contributed by atoms with E-state index in [4.69, 9.17) is 0 Å². The highest BCUT2D eigenvalue weighted by Crippen LogP contribution is 2.54. The molecule has 0 unspecified atom stereocenters. The highest BCUT2D eigenvalue weighted by molar-refractivity contribution is 5.04. The Morgan fingerprint density at radius 1 is 1.25 bits per heavy atom. The normalized spacial score (nSPS) is 31.5. The van der Waals surface area contributed by atoms with Gasteiger partial charge in [-0.2, -0.15) is 0 Å². The van der Waals surface area contributed by atoms with E-state index < -0.39 is 0 Å². The van der Waals surface area contributed by atoms with E-state index in [1.54, 1.807) is 0 Å². The van der Waals surface area contributed by atoms with Crippen LogP contribution in [0.5, 0.6) is 0 Å². The monoisotopic (exact) mass is 169 g/mol. The van der Waals surface area contributed by atoms with Crippen molar-refractivity contribution >= 4 is 0 Å². The van der Waals surface area contributed by atoms with E-state index in [0.29, 0.717) is 5.41 Å². The Hall–Kier alpha value is -0.0800. The third kappa shape index (κ3) is 1.27. The molecule has 0 aromatic rings. The number of aliphatic hydroxyl groups is 1. The summed E-state index contributed by atoms with van der Waals surface area (Å²) >= 11 is 0. The topological polar surface area (TPSA) is 32.3 Å². The van der Waals surface area contributed by atoms with Crippen LogP contribution in [-0.2, 0) is 0 Å². The van der Waals surface area contributed by atoms with Crippen molar-refractivity contribution < 1.29 is 5.11 Å². The second-order valence-electron chi connectivity index (χ2n) is 4.68. The van der Waals surface area contributed by atoms with Crippen molar-refractivity contribution in [2.75, 3.05) is 13.1 Å². The second-order valence-corrected chi connectivity index (χ2v) is 4.68. The molecule has 0 aromatic carbocycles. The van der Waals surface area contributed by atoms with Gasteiger partial charge in [-0.15, -0.1) is 0 Å². The van der Waals surface area contributed by atoms with Crippen molar-refractivity contribution in [3.8, 4) is 0 Å². The Balaban J connectivity index is 1.92. The summed E-state index contributed by atoms with van der Waals surface area (Å²) in [5.74, 6) is 0. The van der Waals surface area contributed by atoms with Gasteiger partial charge in [0.25, 0.3) is 0 Å². The molecule has 2 aliphatic rings. The van der Waals surface area contributed by atoms with Crippen molar-refractivity contribution in [1.29, 1.82) is 0 Å². The summed E-state index contributed by atoms with van der Waals surface area (Å²) in [5, 5.41) is 13.3. The molecule has 0 radical (unpaired) electrons. The van der Waals surface area contributed by atoms with Gasteiger partial charge < -0.3 is 10.4 Å². The largest absolute Gasteiger partial charge is 0.390 e. The quantitative estimate of drug-likeness (QED) is 0.620. The Morgan fingerprint density at radius 3 is 2.33 bits per heavy atom. The molecule has 0 amide bonds. The summed E-state index contributed by atoms with van der Waals surface area (Å²) < 4.78 is 0. The minimum Gasteiger partial charge on any atom is -0.390 e. The molecule has 1 heterocycles. The highest BCUT2D eigenvalue weighted by Gasteiger charge is 2.52. The fraction of sp³-hybridized carbons (Fsp3) is 1.00. The van der Waals surface area contributed by atoms with Gasteiger partial charge in [0.15, 0.2) is 0 Å². The summed E-state index contributed by atoms with van der Waals surface area (Å²) in [6.45, 7) is 4.40. The first-order valence-electron chi connectivity index (χ1n) is 5.11. The van der Waals surface area contributed by atoms with Crippen molar-refractivity contribution in [2.45, 2.75) is 44.6 Å². The number of rotatable bonds is 1. The van der Waals surface area contributed by atoms with Gasteiger partial charge in [-0.25, -0.2) is 0 Å². The average molecular weight is 169 g/mol. The molecule has 2 heteroatoms. The average Bonchev–Trinajstić information content (AvgIpc) is 2.04. The van der Waals surface area contributed by atoms with Crippen LogP contribution >= 0.6 is 0 Å². The summed E-state index contributed by atoms with van der Waals surface area (Å²) in [6.07, 6.45) is 5.59. The van der Waals surface area contributed by atoms with Crippen LogP contribution in [0.4, 0.5) is 0 Å². The molecule has 0 atom stereocenters. The Morgan fingerprint density at radius 2 is 1.83 bits per heavy atom. The van der Waals surface area contributed by atoms with Crippen molar-refractivity contribution in [3.05, 3.63) is 0 Å². The molecule has 0 bridgehead atoms. The Kier molecular flexibility index (Phi) is 1.92. The molecule has 12 heavy (non-hydrogen) atoms. The Labute approximate surface area is 74.4 Å². The van der Waals surface area contributed by atoms with E-state index in [2.05, 4.69) is 12.2 Å². The zero-order valence-corrected chi connectivity index (χ0v) is 7.90. The molecule has 70 valence electrons. The molecule has 1 saturated carbocycles. The molecule has 1 saturated heterocycles. The van der Waals surface area contributed by atoms with Crippen LogP contribution in [0.1, 0.15) is 39.0 Å². The van der Waals surface area contributed by atoms with Gasteiger partial charge in [0.2, 0.25) is 0 Å². The lowest BCUT2D eigenvalue weighted by Gasteiger charge is -2.55. The van der Waals surface area contributed by atoms with Crippen LogP contribution in [-0.4, -0.2) is 23.8 Å². The standard InChI is InChI=1S/C10H19NO/c1-2-10(12)7-9(8-10)3-5-11-6-4-9/h11-12H,2-8H2,1H3. The fourth-order valence-corrected chi connectivity index (χ4v) is 2.90. The van der Waals surface area contributed by atoms with Crippen LogP contribution in [0, 0.1) is 5.41 Å². The van der Waals surface area contributed by atoms with Gasteiger partial charge in [-0.3, -0.25) is 0 Å². The van der Waals surface area contributed by atoms with Crippen molar-refractivity contribution in [3.63, 3.8) is 0 Å². The van der Waals surface area contributed by atoms with Crippen LogP contribution in [0.25, 0.3) is 0 Å². The molecule has 0 aromatic heterocycles. The highest BCUT2D eigenvalue weighted by atomic mass is 16.3. The first kappa shape index (κ1) is 8.52. The third-order valence-electron chi connectivity index (χ3n) is 3.73. The minimum atomic E-state index is -0.294. The maximum atomic E-state index is 9.92. The van der Waals surface area contributed by atoms with Crippen molar-refractivity contribution in [1.82, 2.24) is 5.32 Å². The first-order valence-corrected chi connectivity index (χ1v) is 5.11. The second kappa shape index (κ2) is 2.71. The molecule has 2 rings (SSSR count). The third-order valence-corrected chi connectivity index (χ3v) is 3.73. The summed E-state index contributed by atoms with van der Waals surface area (Å²) in [6, 6.07) is 0. The Bertz CT molecular complexity index is 165. The fourth-order valence-electron chi connectivity index (χ4n) is 2.90. The van der Waals surface area contributed by atoms with Gasteiger partial charge in [-0.05, 0) is 50.6 Å². The lowest BCUT2D eigenvalue weighted by atomic mass is 9.54. The van der Waals surface area contributed by atoms with Crippen LogP contribution < -0.4 is 5.32 Å². The van der Waals surface area contributed by atoms with Crippen LogP contribution in [0.3, 0.4) is 0 Å². The lowest BCUT2D eigenvalue weighted by molar-refractivity contribution is -0.141. The van der Waals surface area contributed by atoms with Gasteiger partial charge in [-0.1, -0.05) is 6.92 Å². The van der Waals surface area contributed by atoms with Gasteiger partial charge in [0.05, 0.1) is 5.60 Å². The molecule has 2 fully saturated rings. The molecule has 1 aliphatic carbocycles. The first-order chi connectivity index (χ1) is 5.68. The smallest absolute Gasteiger partial charge is 0.0655 e. The van der Waals surface area contributed by atoms with E-state index in [0.717, 1.165) is 32.4 Å². The van der Waals surface area contributed by atoms with E-state index in [-0.39, 0.29) is 5.60 Å². The predicted molar refractivity (Wildman–Crippen MR) is 49.0 cm³/mol. The summed E-state index contributed by atoms with van der Waals surface area (Å²) in [4.78, 5) is 0. The van der Waals surface area contributed by atoms with E-state index in [1.165, 1.54) is 12.8 Å². The molecule has 1 spiro atoms. The predicted octanol–water partition coefficient (Wildman–Crippen LogP) is 1.29. The molecule has 1 aliphatic heterocycles. The maximum Gasteiger partial charge on any atom is 0.0655 e. The zero-order chi connectivity index (χ0) is 8.66. The van der Waals surface area contributed by atoms with Crippen LogP contribution in [0.2, 0.25) is 0 Å². The SMILES string of the molecule is CCC1(O)CC2(CCNCC2)C1. The summed E-state index contributed by atoms with van der Waals surface area (Å²) in [5.41, 5.74) is 0.230. The van der Waals surface area contributed by atoms with E-state index >= 15 is 0 Å². The van der Waals surface area contributed by atoms with Gasteiger partial charge in [0, 0.05) is 0 Å².